The number of esters is 1. The molecule has 2 aromatic carbocycles. The number of thioether (sulfide) groups is 1. The van der Waals surface area contributed by atoms with Gasteiger partial charge < -0.3 is 10.1 Å². The highest BCUT2D eigenvalue weighted by Gasteiger charge is 2.57. The van der Waals surface area contributed by atoms with Gasteiger partial charge in [0.15, 0.2) is 11.2 Å². The largest absolute Gasteiger partial charge is 0.448 e. The van der Waals surface area contributed by atoms with Gasteiger partial charge in [-0.05, 0) is 40.8 Å². The van der Waals surface area contributed by atoms with E-state index in [0.717, 1.165) is 21.7 Å². The lowest BCUT2D eigenvalue weighted by molar-refractivity contribution is -0.153. The van der Waals surface area contributed by atoms with Crippen molar-refractivity contribution in [1.82, 2.24) is 14.9 Å². The second kappa shape index (κ2) is 14.2. The Kier molecular flexibility index (Phi) is 9.87. The molecule has 5 heterocycles. The maximum Gasteiger partial charge on any atom is 0.356 e. The summed E-state index contributed by atoms with van der Waals surface area (Å²) in [6.07, 6.45) is 4.39. The Morgan fingerprint density at radius 3 is 2.32 bits per heavy atom. The van der Waals surface area contributed by atoms with Gasteiger partial charge in [-0.2, -0.15) is 0 Å². The zero-order valence-electron chi connectivity index (χ0n) is 24.9. The summed E-state index contributed by atoms with van der Waals surface area (Å²) in [5.41, 5.74) is 3.22. The maximum absolute atomic E-state index is 14.4. The lowest BCUT2D eigenvalue weighted by Gasteiger charge is -2.52. The molecule has 5 aromatic rings. The number of halogens is 1. The quantitative estimate of drug-likeness (QED) is 0.124. The molecule has 2 atom stereocenters. The van der Waals surface area contributed by atoms with Gasteiger partial charge in [0.2, 0.25) is 5.91 Å². The molecule has 0 aliphatic carbocycles. The lowest BCUT2D eigenvalue weighted by atomic mass is 9.99. The first-order valence-electron chi connectivity index (χ1n) is 14.4. The van der Waals surface area contributed by atoms with Crippen molar-refractivity contribution in [3.05, 3.63) is 131 Å². The highest BCUT2D eigenvalue weighted by Crippen LogP contribution is 2.48. The molecule has 2 aliphatic rings. The summed E-state index contributed by atoms with van der Waals surface area (Å²) in [4.78, 5) is 53.8. The number of β-lactam (4-membered cyclic amide) rings is 1. The Bertz CT molecular complexity index is 1870. The van der Waals surface area contributed by atoms with Crippen LogP contribution in [0.2, 0.25) is 0 Å². The number of thiazole rings is 1. The van der Waals surface area contributed by atoms with E-state index in [1.54, 1.807) is 18.6 Å². The Morgan fingerprint density at radius 2 is 1.70 bits per heavy atom. The Labute approximate surface area is 294 Å². The van der Waals surface area contributed by atoms with Gasteiger partial charge in [-0.1, -0.05) is 72.0 Å². The highest BCUT2D eigenvalue weighted by molar-refractivity contribution is 8.93. The first kappa shape index (κ1) is 32.6. The van der Waals surface area contributed by atoms with E-state index in [0.29, 0.717) is 21.5 Å². The summed E-state index contributed by atoms with van der Waals surface area (Å²) in [5, 5.41) is 5.97. The van der Waals surface area contributed by atoms with E-state index >= 15 is 0 Å². The molecule has 1 N–H and O–H groups in total. The summed E-state index contributed by atoms with van der Waals surface area (Å²) >= 11 is 4.28. The van der Waals surface area contributed by atoms with Gasteiger partial charge in [0.1, 0.15) is 17.1 Å². The fourth-order valence-electron chi connectivity index (χ4n) is 5.56. The van der Waals surface area contributed by atoms with E-state index in [2.05, 4.69) is 15.3 Å². The molecule has 0 bridgehead atoms. The molecular formula is C34H28BrN5O4S3. The molecule has 47 heavy (non-hydrogen) atoms. The van der Waals surface area contributed by atoms with Crippen LogP contribution in [-0.2, 0) is 19.1 Å². The molecule has 0 saturated carbocycles. The third kappa shape index (κ3) is 6.48. The highest BCUT2D eigenvalue weighted by atomic mass is 79.9. The average Bonchev–Trinajstić information content (AvgIpc) is 3.79. The smallest absolute Gasteiger partial charge is 0.356 e. The summed E-state index contributed by atoms with van der Waals surface area (Å²) < 4.78 is 6.31. The molecule has 2 amide bonds. The molecule has 238 valence electrons. The van der Waals surface area contributed by atoms with E-state index < -0.39 is 23.5 Å². The molecule has 0 spiro atoms. The number of carbonyl (C=O) groups is 3. The van der Waals surface area contributed by atoms with Crippen molar-refractivity contribution in [2.24, 2.45) is 0 Å². The first-order valence-corrected chi connectivity index (χ1v) is 17.2. The van der Waals surface area contributed by atoms with Gasteiger partial charge in [0, 0.05) is 30.6 Å². The van der Waals surface area contributed by atoms with Crippen LogP contribution in [0.25, 0.3) is 5.57 Å². The minimum absolute atomic E-state index is 0. The van der Waals surface area contributed by atoms with Gasteiger partial charge >= 0.3 is 5.97 Å². The predicted molar refractivity (Wildman–Crippen MR) is 192 cm³/mol. The number of hydrogen-bond donors (Lipinski definition) is 1. The van der Waals surface area contributed by atoms with E-state index in [1.165, 1.54) is 51.2 Å². The SMILES string of the molecule is Br.CC(=O)N(c1cccs1)C1C(=O)N2C(C(=O)OC(c3ccccc3)c3ccccc3)=C(c3cnc(Nc4cccnc4)s3)CSC12. The van der Waals surface area contributed by atoms with E-state index in [9.17, 15) is 14.4 Å². The molecule has 1 fully saturated rings. The van der Waals surface area contributed by atoms with E-state index in [-0.39, 0.29) is 34.5 Å². The summed E-state index contributed by atoms with van der Waals surface area (Å²) in [7, 11) is 0. The normalized spacial score (nSPS) is 17.0. The number of nitrogens with one attached hydrogen (secondary N) is 1. The fraction of sp³-hybridized carbons (Fsp3) is 0.147. The Hall–Kier alpha value is -4.30. The fourth-order valence-corrected chi connectivity index (χ4v) is 8.74. The number of rotatable bonds is 9. The third-order valence-corrected chi connectivity index (χ3v) is 10.7. The topological polar surface area (TPSA) is 105 Å². The van der Waals surface area contributed by atoms with Crippen molar-refractivity contribution in [2.75, 3.05) is 16.0 Å². The van der Waals surface area contributed by atoms with Crippen LogP contribution >= 0.6 is 51.4 Å². The second-order valence-corrected chi connectivity index (χ2v) is 13.6. The number of amides is 2. The van der Waals surface area contributed by atoms with Crippen LogP contribution in [0.1, 0.15) is 29.0 Å². The van der Waals surface area contributed by atoms with Crippen LogP contribution in [0.5, 0.6) is 0 Å². The molecule has 9 nitrogen and oxygen atoms in total. The standard InChI is InChI=1S/C34H27N5O4S3.BrH/c1-21(40)38(27-15-9-17-44-27)29-31(41)39-28(33(42)43-30(22-10-4-2-5-11-22)23-12-6-3-7-13-23)25(20-45-32(29)39)26-19-36-34(46-26)37-24-14-8-16-35-18-24;/h2-19,29-30,32H,20H2,1H3,(H,36,37);1H. The maximum atomic E-state index is 14.4. The number of benzene rings is 2. The van der Waals surface area contributed by atoms with Crippen LogP contribution < -0.4 is 10.2 Å². The van der Waals surface area contributed by atoms with Crippen molar-refractivity contribution in [1.29, 1.82) is 0 Å². The van der Waals surface area contributed by atoms with Gasteiger partial charge in [-0.3, -0.25) is 24.4 Å². The molecule has 7 rings (SSSR count). The number of fused-ring (bicyclic) bond motifs is 1. The second-order valence-electron chi connectivity index (χ2n) is 10.5. The van der Waals surface area contributed by atoms with Gasteiger partial charge in [-0.25, -0.2) is 9.78 Å². The number of hydrogen-bond acceptors (Lipinski definition) is 10. The third-order valence-electron chi connectivity index (χ3n) is 7.64. The number of thiophene rings is 1. The predicted octanol–water partition coefficient (Wildman–Crippen LogP) is 7.30. The zero-order chi connectivity index (χ0) is 31.6. The Morgan fingerprint density at radius 1 is 0.979 bits per heavy atom. The van der Waals surface area contributed by atoms with Crippen molar-refractivity contribution in [3.63, 3.8) is 0 Å². The summed E-state index contributed by atoms with van der Waals surface area (Å²) in [5.74, 6) is -0.770. The van der Waals surface area contributed by atoms with Crippen LogP contribution in [0.4, 0.5) is 15.8 Å². The average molecular weight is 747 g/mol. The number of pyridine rings is 1. The molecular weight excluding hydrogens is 719 g/mol. The first-order chi connectivity index (χ1) is 22.5. The van der Waals surface area contributed by atoms with E-state index in [1.807, 2.05) is 90.3 Å². The van der Waals surface area contributed by atoms with Crippen molar-refractivity contribution in [2.45, 2.75) is 24.4 Å². The molecule has 3 aromatic heterocycles. The van der Waals surface area contributed by atoms with Crippen LogP contribution in [-0.4, -0.2) is 49.8 Å². The molecule has 0 radical (unpaired) electrons. The molecule has 2 unspecified atom stereocenters. The molecule has 13 heteroatoms. The van der Waals surface area contributed by atoms with Crippen LogP contribution in [0.3, 0.4) is 0 Å². The van der Waals surface area contributed by atoms with Crippen LogP contribution in [0, 0.1) is 0 Å². The number of nitrogens with zero attached hydrogens (tertiary/aromatic N) is 4. The number of aromatic nitrogens is 2. The Balaban J connectivity index is 0.00000386. The summed E-state index contributed by atoms with van der Waals surface area (Å²) in [6, 6.07) is 25.7. The van der Waals surface area contributed by atoms with Gasteiger partial charge in [0.25, 0.3) is 5.91 Å². The van der Waals surface area contributed by atoms with Gasteiger partial charge in [0.05, 0.1) is 21.8 Å². The zero-order valence-corrected chi connectivity index (χ0v) is 29.0. The van der Waals surface area contributed by atoms with Crippen LogP contribution in [0.15, 0.2) is 115 Å². The minimum atomic E-state index is -0.742. The molecule has 1 saturated heterocycles. The van der Waals surface area contributed by atoms with Gasteiger partial charge in [-0.15, -0.1) is 40.1 Å². The van der Waals surface area contributed by atoms with Crippen molar-refractivity contribution >= 4 is 90.6 Å². The number of anilines is 3. The van der Waals surface area contributed by atoms with Crippen molar-refractivity contribution < 1.29 is 19.1 Å². The van der Waals surface area contributed by atoms with E-state index in [4.69, 9.17) is 4.74 Å². The number of ether oxygens (including phenoxy) is 1. The van der Waals surface area contributed by atoms with Crippen molar-refractivity contribution in [3.8, 4) is 0 Å². The monoisotopic (exact) mass is 745 g/mol. The number of carbonyl (C=O) groups excluding carboxylic acids is 3. The summed E-state index contributed by atoms with van der Waals surface area (Å²) in [6.45, 7) is 1.46. The minimum Gasteiger partial charge on any atom is -0.448 e. The molecule has 2 aliphatic heterocycles. The lowest BCUT2D eigenvalue weighted by Crippen LogP contribution is -2.71.